The van der Waals surface area contributed by atoms with Crippen LogP contribution in [0.25, 0.3) is 11.4 Å². The number of amides is 1. The second-order valence-electron chi connectivity index (χ2n) is 4.44. The Balaban J connectivity index is 2.52. The minimum absolute atomic E-state index is 0.0261. The van der Waals surface area contributed by atoms with Crippen LogP contribution in [0.5, 0.6) is 0 Å². The predicted molar refractivity (Wildman–Crippen MR) is 70.3 cm³/mol. The van der Waals surface area contributed by atoms with Crippen LogP contribution in [0.15, 0.2) is 12.3 Å². The van der Waals surface area contributed by atoms with Gasteiger partial charge in [0.1, 0.15) is 17.2 Å². The molecule has 0 radical (unpaired) electrons. The molecule has 0 saturated carbocycles. The van der Waals surface area contributed by atoms with Gasteiger partial charge in [0.25, 0.3) is 5.91 Å². The second-order valence-corrected chi connectivity index (χ2v) is 4.44. The Morgan fingerprint density at radius 2 is 2.05 bits per heavy atom. The number of rotatable bonds is 2. The van der Waals surface area contributed by atoms with Crippen LogP contribution in [0.3, 0.4) is 0 Å². The smallest absolute Gasteiger partial charge is 0.329 e. The summed E-state index contributed by atoms with van der Waals surface area (Å²) in [5.74, 6) is -3.29. The molecule has 0 bridgehead atoms. The first-order chi connectivity index (χ1) is 10.3. The van der Waals surface area contributed by atoms with E-state index >= 15 is 0 Å². The maximum absolute atomic E-state index is 13.9. The van der Waals surface area contributed by atoms with Crippen molar-refractivity contribution in [3.8, 4) is 11.4 Å². The number of aromatic nitrogens is 3. The zero-order chi connectivity index (χ0) is 16.4. The predicted octanol–water partition coefficient (Wildman–Crippen LogP) is 1.28. The lowest BCUT2D eigenvalue weighted by Crippen LogP contribution is -2.26. The number of carbonyl (C=O) groups excluding carboxylic acids is 2. The molecular formula is C13H12F2N4O3. The van der Waals surface area contributed by atoms with E-state index in [1.54, 1.807) is 0 Å². The van der Waals surface area contributed by atoms with E-state index in [2.05, 4.69) is 14.9 Å². The molecular weight excluding hydrogens is 298 g/mol. The number of pyridine rings is 1. The molecule has 0 fully saturated rings. The zero-order valence-electron chi connectivity index (χ0n) is 12.0. The van der Waals surface area contributed by atoms with E-state index in [1.807, 2.05) is 5.48 Å². The van der Waals surface area contributed by atoms with Gasteiger partial charge in [-0.25, -0.2) is 13.8 Å². The van der Waals surface area contributed by atoms with Crippen LogP contribution in [0.2, 0.25) is 0 Å². The van der Waals surface area contributed by atoms with Gasteiger partial charge in [0.15, 0.2) is 5.82 Å². The molecule has 2 heterocycles. The van der Waals surface area contributed by atoms with E-state index in [-0.39, 0.29) is 22.6 Å². The van der Waals surface area contributed by atoms with Gasteiger partial charge in [-0.15, -0.1) is 0 Å². The lowest BCUT2D eigenvalue weighted by atomic mass is 10.1. The Bertz CT molecular complexity index is 758. The summed E-state index contributed by atoms with van der Waals surface area (Å²) in [6.07, 6.45) is 0.828. The lowest BCUT2D eigenvalue weighted by Gasteiger charge is -2.07. The summed E-state index contributed by atoms with van der Waals surface area (Å²) in [5, 5.41) is 4.01. The van der Waals surface area contributed by atoms with Crippen molar-refractivity contribution < 1.29 is 23.2 Å². The Kier molecular flexibility index (Phi) is 4.15. The number of halogens is 2. The molecule has 9 heteroatoms. The average Bonchev–Trinajstić information content (AvgIpc) is 2.71. The maximum Gasteiger partial charge on any atom is 0.329 e. The van der Waals surface area contributed by atoms with Crippen LogP contribution < -0.4 is 5.48 Å². The van der Waals surface area contributed by atoms with Gasteiger partial charge in [-0.2, -0.15) is 10.6 Å². The maximum atomic E-state index is 13.9. The molecule has 1 amide bonds. The van der Waals surface area contributed by atoms with Gasteiger partial charge >= 0.3 is 5.97 Å². The molecule has 0 aliphatic heterocycles. The van der Waals surface area contributed by atoms with Crippen molar-refractivity contribution in [2.24, 2.45) is 7.05 Å². The monoisotopic (exact) mass is 310 g/mol. The van der Waals surface area contributed by atoms with E-state index in [4.69, 9.17) is 0 Å². The Morgan fingerprint density at radius 1 is 1.36 bits per heavy atom. The third-order valence-electron chi connectivity index (χ3n) is 2.77. The molecule has 116 valence electrons. The number of hydrogen-bond donors (Lipinski definition) is 1. The fraction of sp³-hybridized carbons (Fsp3) is 0.231. The summed E-state index contributed by atoms with van der Waals surface area (Å²) in [6, 6.07) is 0.651. The van der Waals surface area contributed by atoms with Gasteiger partial charge in [-0.3, -0.25) is 14.3 Å². The van der Waals surface area contributed by atoms with E-state index in [9.17, 15) is 18.4 Å². The topological polar surface area (TPSA) is 86.1 Å². The standard InChI is InChI=1S/C13H12F2N4O3/c1-6-10(13(21)18-22-7(2)20)12(19(3)17-6)11-9(15)4-8(14)5-16-11/h4-5H,1-3H3,(H,18,21). The highest BCUT2D eigenvalue weighted by molar-refractivity contribution is 6.00. The molecule has 0 aromatic carbocycles. The van der Waals surface area contributed by atoms with Crippen LogP contribution in [0.1, 0.15) is 23.0 Å². The number of hydrogen-bond acceptors (Lipinski definition) is 5. The van der Waals surface area contributed by atoms with Crippen molar-refractivity contribution in [3.63, 3.8) is 0 Å². The summed E-state index contributed by atoms with van der Waals surface area (Å²) in [5.41, 5.74) is 1.98. The molecule has 0 aliphatic carbocycles. The third-order valence-corrected chi connectivity index (χ3v) is 2.77. The van der Waals surface area contributed by atoms with Crippen LogP contribution >= 0.6 is 0 Å². The van der Waals surface area contributed by atoms with Gasteiger partial charge in [-0.1, -0.05) is 0 Å². The van der Waals surface area contributed by atoms with E-state index in [0.717, 1.165) is 13.1 Å². The molecule has 2 rings (SSSR count). The Hall–Kier alpha value is -2.84. The SMILES string of the molecule is CC(=O)ONC(=O)c1c(C)nn(C)c1-c1ncc(F)cc1F. The average molecular weight is 310 g/mol. The zero-order valence-corrected chi connectivity index (χ0v) is 12.0. The number of carbonyl (C=O) groups is 2. The summed E-state index contributed by atoms with van der Waals surface area (Å²) >= 11 is 0. The van der Waals surface area contributed by atoms with Gasteiger partial charge in [0, 0.05) is 20.0 Å². The van der Waals surface area contributed by atoms with Gasteiger partial charge in [0.2, 0.25) is 0 Å². The highest BCUT2D eigenvalue weighted by Gasteiger charge is 2.25. The Morgan fingerprint density at radius 3 is 2.64 bits per heavy atom. The summed E-state index contributed by atoms with van der Waals surface area (Å²) in [6.45, 7) is 2.63. The highest BCUT2D eigenvalue weighted by Crippen LogP contribution is 2.26. The number of nitrogens with one attached hydrogen (secondary N) is 1. The quantitative estimate of drug-likeness (QED) is 0.844. The molecule has 1 N–H and O–H groups in total. The lowest BCUT2D eigenvalue weighted by molar-refractivity contribution is -0.146. The first-order valence-corrected chi connectivity index (χ1v) is 6.14. The van der Waals surface area contributed by atoms with Crippen LogP contribution in [-0.4, -0.2) is 26.6 Å². The molecule has 2 aromatic rings. The number of hydroxylamine groups is 1. The fourth-order valence-electron chi connectivity index (χ4n) is 1.96. The normalized spacial score (nSPS) is 10.4. The van der Waals surface area contributed by atoms with Crippen molar-refractivity contribution in [3.05, 3.63) is 35.2 Å². The molecule has 0 aliphatic rings. The molecule has 0 atom stereocenters. The summed E-state index contributed by atoms with van der Waals surface area (Å²) < 4.78 is 28.1. The fourth-order valence-corrected chi connectivity index (χ4v) is 1.96. The number of aryl methyl sites for hydroxylation is 2. The van der Waals surface area contributed by atoms with E-state index < -0.39 is 23.5 Å². The summed E-state index contributed by atoms with van der Waals surface area (Å²) in [7, 11) is 1.48. The minimum atomic E-state index is -0.940. The van der Waals surface area contributed by atoms with Gasteiger partial charge < -0.3 is 4.84 Å². The van der Waals surface area contributed by atoms with Gasteiger partial charge in [-0.05, 0) is 6.92 Å². The molecule has 22 heavy (non-hydrogen) atoms. The van der Waals surface area contributed by atoms with E-state index in [1.165, 1.54) is 18.7 Å². The number of nitrogens with zero attached hydrogens (tertiary/aromatic N) is 3. The van der Waals surface area contributed by atoms with Crippen molar-refractivity contribution in [2.45, 2.75) is 13.8 Å². The van der Waals surface area contributed by atoms with Crippen molar-refractivity contribution in [1.82, 2.24) is 20.2 Å². The van der Waals surface area contributed by atoms with Crippen LogP contribution in [0, 0.1) is 18.6 Å². The van der Waals surface area contributed by atoms with Crippen molar-refractivity contribution in [2.75, 3.05) is 0 Å². The second kappa shape index (κ2) is 5.88. The third kappa shape index (κ3) is 2.92. The van der Waals surface area contributed by atoms with Crippen molar-refractivity contribution >= 4 is 11.9 Å². The largest absolute Gasteiger partial charge is 0.341 e. The molecule has 0 unspecified atom stereocenters. The molecule has 7 nitrogen and oxygen atoms in total. The first kappa shape index (κ1) is 15.5. The van der Waals surface area contributed by atoms with Crippen LogP contribution in [0.4, 0.5) is 8.78 Å². The summed E-state index contributed by atoms with van der Waals surface area (Å²) in [4.78, 5) is 30.9. The van der Waals surface area contributed by atoms with Crippen LogP contribution in [-0.2, 0) is 16.7 Å². The first-order valence-electron chi connectivity index (χ1n) is 6.14. The van der Waals surface area contributed by atoms with Gasteiger partial charge in [0.05, 0.1) is 17.5 Å². The van der Waals surface area contributed by atoms with Crippen molar-refractivity contribution in [1.29, 1.82) is 0 Å². The molecule has 0 spiro atoms. The highest BCUT2D eigenvalue weighted by atomic mass is 19.1. The minimum Gasteiger partial charge on any atom is -0.341 e. The van der Waals surface area contributed by atoms with E-state index in [0.29, 0.717) is 6.07 Å². The molecule has 2 aromatic heterocycles. The Labute approximate surface area is 123 Å². The molecule has 0 saturated heterocycles.